The first-order chi connectivity index (χ1) is 14.9. The quantitative estimate of drug-likeness (QED) is 0.416. The highest BCUT2D eigenvalue weighted by Gasteiger charge is 2.17. The predicted octanol–water partition coefficient (Wildman–Crippen LogP) is 6.85. The largest absolute Gasteiger partial charge is 0.493 e. The summed E-state index contributed by atoms with van der Waals surface area (Å²) in [5, 5.41) is 0. The van der Waals surface area contributed by atoms with E-state index in [2.05, 4.69) is 72.8 Å². The highest BCUT2D eigenvalue weighted by atomic mass is 16.5. The fraction of sp³-hybridized carbons (Fsp3) is 0.214. The Kier molecular flexibility index (Phi) is 5.39. The SMILES string of the molecule is C1=CC(CCOc2cccc(OCCC3C=Cc4ccccc43)c2)c2ccccc21. The lowest BCUT2D eigenvalue weighted by Crippen LogP contribution is -2.04. The van der Waals surface area contributed by atoms with Gasteiger partial charge in [-0.25, -0.2) is 0 Å². The third kappa shape index (κ3) is 4.04. The lowest BCUT2D eigenvalue weighted by molar-refractivity contribution is 0.290. The van der Waals surface area contributed by atoms with Crippen LogP contribution in [0.1, 0.15) is 46.9 Å². The Morgan fingerprint density at radius 2 is 1.07 bits per heavy atom. The smallest absolute Gasteiger partial charge is 0.122 e. The standard InChI is InChI=1S/C28H26O2/c1-3-10-27-21(6-1)12-14-23(27)16-18-29-25-8-5-9-26(20-25)30-19-17-24-15-13-22-7-2-4-11-28(22)24/h1-15,20,23-24H,16-19H2. The Morgan fingerprint density at radius 3 is 1.60 bits per heavy atom. The van der Waals surface area contributed by atoms with E-state index in [0.29, 0.717) is 25.0 Å². The second-order valence-electron chi connectivity index (χ2n) is 7.94. The molecule has 2 aliphatic carbocycles. The molecule has 30 heavy (non-hydrogen) atoms. The number of allylic oxidation sites excluding steroid dienone is 2. The van der Waals surface area contributed by atoms with Crippen LogP contribution in [-0.2, 0) is 0 Å². The monoisotopic (exact) mass is 394 g/mol. The topological polar surface area (TPSA) is 18.5 Å². The molecule has 2 atom stereocenters. The summed E-state index contributed by atoms with van der Waals surface area (Å²) in [4.78, 5) is 0. The molecule has 0 heterocycles. The van der Waals surface area contributed by atoms with E-state index in [1.807, 2.05) is 24.3 Å². The van der Waals surface area contributed by atoms with Crippen molar-refractivity contribution in [2.24, 2.45) is 0 Å². The fourth-order valence-corrected chi connectivity index (χ4v) is 4.41. The van der Waals surface area contributed by atoms with Crippen molar-refractivity contribution in [1.82, 2.24) is 0 Å². The zero-order chi connectivity index (χ0) is 20.2. The van der Waals surface area contributed by atoms with E-state index in [9.17, 15) is 0 Å². The first-order valence-electron chi connectivity index (χ1n) is 10.8. The lowest BCUT2D eigenvalue weighted by atomic mass is 9.98. The predicted molar refractivity (Wildman–Crippen MR) is 123 cm³/mol. The molecule has 150 valence electrons. The van der Waals surface area contributed by atoms with Crippen molar-refractivity contribution in [3.8, 4) is 11.5 Å². The van der Waals surface area contributed by atoms with Crippen LogP contribution < -0.4 is 9.47 Å². The Hall–Kier alpha value is -3.26. The molecule has 2 nitrogen and oxygen atoms in total. The van der Waals surface area contributed by atoms with Crippen LogP contribution in [0.3, 0.4) is 0 Å². The van der Waals surface area contributed by atoms with Crippen LogP contribution in [0, 0.1) is 0 Å². The molecule has 2 unspecified atom stereocenters. The zero-order valence-corrected chi connectivity index (χ0v) is 17.0. The molecule has 0 amide bonds. The van der Waals surface area contributed by atoms with Gasteiger partial charge in [0.2, 0.25) is 0 Å². The van der Waals surface area contributed by atoms with Gasteiger partial charge in [-0.05, 0) is 47.2 Å². The normalized spacial score (nSPS) is 18.3. The van der Waals surface area contributed by atoms with Crippen LogP contribution in [0.4, 0.5) is 0 Å². The van der Waals surface area contributed by atoms with Crippen molar-refractivity contribution in [1.29, 1.82) is 0 Å². The van der Waals surface area contributed by atoms with Gasteiger partial charge < -0.3 is 9.47 Å². The summed E-state index contributed by atoms with van der Waals surface area (Å²) in [6.07, 6.45) is 10.9. The van der Waals surface area contributed by atoms with E-state index in [1.54, 1.807) is 0 Å². The molecule has 2 aliphatic rings. The van der Waals surface area contributed by atoms with Crippen molar-refractivity contribution in [3.63, 3.8) is 0 Å². The van der Waals surface area contributed by atoms with Gasteiger partial charge in [0.25, 0.3) is 0 Å². The number of ether oxygens (including phenoxy) is 2. The molecule has 0 bridgehead atoms. The molecule has 0 saturated heterocycles. The second kappa shape index (κ2) is 8.62. The maximum Gasteiger partial charge on any atom is 0.122 e. The molecule has 0 spiro atoms. The van der Waals surface area contributed by atoms with Crippen LogP contribution in [-0.4, -0.2) is 13.2 Å². The van der Waals surface area contributed by atoms with Gasteiger partial charge in [-0.1, -0.05) is 78.9 Å². The van der Waals surface area contributed by atoms with Crippen LogP contribution in [0.5, 0.6) is 11.5 Å². The molecule has 3 aromatic carbocycles. The summed E-state index contributed by atoms with van der Waals surface area (Å²) in [5.74, 6) is 2.63. The third-order valence-corrected chi connectivity index (χ3v) is 6.01. The maximum atomic E-state index is 6.02. The minimum atomic E-state index is 0.447. The maximum absolute atomic E-state index is 6.02. The molecule has 0 saturated carbocycles. The number of benzene rings is 3. The Labute approximate surface area is 178 Å². The molecule has 3 aromatic rings. The van der Waals surface area contributed by atoms with Crippen LogP contribution in [0.15, 0.2) is 84.9 Å². The zero-order valence-electron chi connectivity index (χ0n) is 17.0. The van der Waals surface area contributed by atoms with Crippen LogP contribution in [0.25, 0.3) is 12.2 Å². The molecule has 0 fully saturated rings. The van der Waals surface area contributed by atoms with Gasteiger partial charge in [0.15, 0.2) is 0 Å². The average molecular weight is 395 g/mol. The molecule has 2 heteroatoms. The summed E-state index contributed by atoms with van der Waals surface area (Å²) in [7, 11) is 0. The number of hydrogen-bond acceptors (Lipinski definition) is 2. The van der Waals surface area contributed by atoms with Gasteiger partial charge in [-0.15, -0.1) is 0 Å². The summed E-state index contributed by atoms with van der Waals surface area (Å²) < 4.78 is 12.0. The first kappa shape index (κ1) is 18.7. The minimum absolute atomic E-state index is 0.447. The van der Waals surface area contributed by atoms with Crippen LogP contribution in [0.2, 0.25) is 0 Å². The van der Waals surface area contributed by atoms with Crippen molar-refractivity contribution < 1.29 is 9.47 Å². The van der Waals surface area contributed by atoms with E-state index in [-0.39, 0.29) is 0 Å². The van der Waals surface area contributed by atoms with E-state index in [4.69, 9.17) is 9.47 Å². The highest BCUT2D eigenvalue weighted by molar-refractivity contribution is 5.62. The Balaban J connectivity index is 1.10. The van der Waals surface area contributed by atoms with Crippen LogP contribution >= 0.6 is 0 Å². The van der Waals surface area contributed by atoms with E-state index in [0.717, 1.165) is 24.3 Å². The molecule has 5 rings (SSSR count). The highest BCUT2D eigenvalue weighted by Crippen LogP contribution is 2.33. The van der Waals surface area contributed by atoms with E-state index < -0.39 is 0 Å². The fourth-order valence-electron chi connectivity index (χ4n) is 4.41. The Morgan fingerprint density at radius 1 is 0.567 bits per heavy atom. The van der Waals surface area contributed by atoms with Crippen molar-refractivity contribution in [2.45, 2.75) is 24.7 Å². The lowest BCUT2D eigenvalue weighted by Gasteiger charge is -2.14. The van der Waals surface area contributed by atoms with E-state index >= 15 is 0 Å². The Bertz CT molecular complexity index is 997. The summed E-state index contributed by atoms with van der Waals surface area (Å²) in [6, 6.07) is 25.2. The van der Waals surface area contributed by atoms with Crippen molar-refractivity contribution >= 4 is 12.2 Å². The third-order valence-electron chi connectivity index (χ3n) is 6.01. The number of fused-ring (bicyclic) bond motifs is 2. The van der Waals surface area contributed by atoms with Gasteiger partial charge in [0.05, 0.1) is 13.2 Å². The molecule has 0 radical (unpaired) electrons. The van der Waals surface area contributed by atoms with Gasteiger partial charge in [0.1, 0.15) is 11.5 Å². The van der Waals surface area contributed by atoms with Gasteiger partial charge >= 0.3 is 0 Å². The van der Waals surface area contributed by atoms with E-state index in [1.165, 1.54) is 22.3 Å². The van der Waals surface area contributed by atoms with Gasteiger partial charge in [-0.3, -0.25) is 0 Å². The average Bonchev–Trinajstić information content (AvgIpc) is 3.39. The summed E-state index contributed by atoms with van der Waals surface area (Å²) >= 11 is 0. The minimum Gasteiger partial charge on any atom is -0.493 e. The molecular formula is C28H26O2. The molecule has 0 N–H and O–H groups in total. The molecule has 0 aromatic heterocycles. The number of rotatable bonds is 8. The van der Waals surface area contributed by atoms with Crippen molar-refractivity contribution in [2.75, 3.05) is 13.2 Å². The first-order valence-corrected chi connectivity index (χ1v) is 10.8. The van der Waals surface area contributed by atoms with Gasteiger partial charge in [-0.2, -0.15) is 0 Å². The molecule has 0 aliphatic heterocycles. The number of hydrogen-bond donors (Lipinski definition) is 0. The van der Waals surface area contributed by atoms with Crippen molar-refractivity contribution in [3.05, 3.63) is 107 Å². The molecular weight excluding hydrogens is 368 g/mol. The second-order valence-corrected chi connectivity index (χ2v) is 7.94. The van der Waals surface area contributed by atoms with Gasteiger partial charge in [0, 0.05) is 17.9 Å². The summed E-state index contributed by atoms with van der Waals surface area (Å²) in [6.45, 7) is 1.38. The summed E-state index contributed by atoms with van der Waals surface area (Å²) in [5.41, 5.74) is 5.47.